The highest BCUT2D eigenvalue weighted by Gasteiger charge is 2.08. The van der Waals surface area contributed by atoms with Gasteiger partial charge in [0.05, 0.1) is 16.5 Å². The quantitative estimate of drug-likeness (QED) is 0.496. The monoisotopic (exact) mass is 309 g/mol. The lowest BCUT2D eigenvalue weighted by Crippen LogP contribution is -2.05. The molecule has 0 spiro atoms. The number of benzene rings is 1. The molecule has 0 amide bonds. The molecule has 6 heteroatoms. The van der Waals surface area contributed by atoms with Crippen LogP contribution in [-0.4, -0.2) is 22.0 Å². The van der Waals surface area contributed by atoms with Crippen molar-refractivity contribution in [3.05, 3.63) is 46.3 Å². The van der Waals surface area contributed by atoms with Gasteiger partial charge in [0.15, 0.2) is 0 Å². The van der Waals surface area contributed by atoms with Gasteiger partial charge in [-0.1, -0.05) is 41.0 Å². The molecule has 0 aliphatic carbocycles. The summed E-state index contributed by atoms with van der Waals surface area (Å²) in [6.07, 6.45) is 0.123. The van der Waals surface area contributed by atoms with E-state index in [1.54, 1.807) is 12.1 Å². The SMILES string of the molecule is O=C(O)CCC(=NO)c1ccc(-c2ccc(Cl)s2)cc1. The second-order valence-electron chi connectivity index (χ2n) is 4.12. The molecule has 2 N–H and O–H groups in total. The lowest BCUT2D eigenvalue weighted by Gasteiger charge is -2.04. The standard InChI is InChI=1S/C14H12ClNO3S/c15-13-7-6-12(20-13)10-3-1-9(2-4-10)11(16-19)5-8-14(17)18/h1-4,6-7,19H,5,8H2,(H,17,18). The fraction of sp³-hybridized carbons (Fsp3) is 0.143. The van der Waals surface area contributed by atoms with E-state index in [1.165, 1.54) is 11.3 Å². The van der Waals surface area contributed by atoms with Gasteiger partial charge in [0.2, 0.25) is 0 Å². The van der Waals surface area contributed by atoms with Gasteiger partial charge in [-0.05, 0) is 23.3 Å². The molecule has 0 aliphatic rings. The fourth-order valence-electron chi connectivity index (χ4n) is 1.77. The number of hydrogen-bond acceptors (Lipinski definition) is 4. The topological polar surface area (TPSA) is 69.9 Å². The van der Waals surface area contributed by atoms with Crippen LogP contribution in [0.5, 0.6) is 0 Å². The van der Waals surface area contributed by atoms with Crippen LogP contribution in [0.2, 0.25) is 4.34 Å². The normalized spacial score (nSPS) is 11.6. The zero-order valence-electron chi connectivity index (χ0n) is 10.4. The summed E-state index contributed by atoms with van der Waals surface area (Å²) in [6, 6.07) is 11.2. The number of nitrogens with zero attached hydrogens (tertiary/aromatic N) is 1. The Kier molecular flexibility index (Phi) is 4.76. The first-order valence-corrected chi connectivity index (χ1v) is 7.08. The van der Waals surface area contributed by atoms with Crippen molar-refractivity contribution in [2.24, 2.45) is 5.16 Å². The molecule has 0 aliphatic heterocycles. The maximum absolute atomic E-state index is 10.5. The lowest BCUT2D eigenvalue weighted by atomic mass is 10.0. The first-order valence-electron chi connectivity index (χ1n) is 5.89. The Morgan fingerprint density at radius 2 is 1.85 bits per heavy atom. The third-order valence-corrected chi connectivity index (χ3v) is 4.05. The van der Waals surface area contributed by atoms with Crippen molar-refractivity contribution in [2.45, 2.75) is 12.8 Å². The Bertz CT molecular complexity index is 634. The summed E-state index contributed by atoms with van der Waals surface area (Å²) < 4.78 is 0.725. The van der Waals surface area contributed by atoms with E-state index < -0.39 is 5.97 Å². The number of thiophene rings is 1. The van der Waals surface area contributed by atoms with Gasteiger partial charge in [-0.15, -0.1) is 11.3 Å². The number of rotatable bonds is 5. The summed E-state index contributed by atoms with van der Waals surface area (Å²) in [7, 11) is 0. The minimum Gasteiger partial charge on any atom is -0.481 e. The largest absolute Gasteiger partial charge is 0.481 e. The molecule has 1 aromatic heterocycles. The van der Waals surface area contributed by atoms with E-state index in [4.69, 9.17) is 21.9 Å². The maximum Gasteiger partial charge on any atom is 0.303 e. The third kappa shape index (κ3) is 3.59. The van der Waals surface area contributed by atoms with Crippen LogP contribution in [0.15, 0.2) is 41.6 Å². The Morgan fingerprint density at radius 1 is 1.15 bits per heavy atom. The summed E-state index contributed by atoms with van der Waals surface area (Å²) >= 11 is 7.38. The average molecular weight is 310 g/mol. The summed E-state index contributed by atoms with van der Waals surface area (Å²) in [5, 5.41) is 20.8. The number of carboxylic acids is 1. The Labute approximate surface area is 124 Å². The van der Waals surface area contributed by atoms with Gasteiger partial charge in [0, 0.05) is 11.3 Å². The molecule has 4 nitrogen and oxygen atoms in total. The van der Waals surface area contributed by atoms with Crippen molar-refractivity contribution in [2.75, 3.05) is 0 Å². The van der Waals surface area contributed by atoms with E-state index in [9.17, 15) is 4.79 Å². The molecular weight excluding hydrogens is 298 g/mol. The van der Waals surface area contributed by atoms with Gasteiger partial charge in [0.25, 0.3) is 0 Å². The van der Waals surface area contributed by atoms with E-state index in [0.29, 0.717) is 11.3 Å². The molecule has 20 heavy (non-hydrogen) atoms. The average Bonchev–Trinajstić information content (AvgIpc) is 2.86. The molecule has 104 valence electrons. The predicted octanol–water partition coefficient (Wildman–Crippen LogP) is 4.11. The highest BCUT2D eigenvalue weighted by Crippen LogP contribution is 2.31. The van der Waals surface area contributed by atoms with Crippen LogP contribution in [-0.2, 0) is 4.79 Å². The maximum atomic E-state index is 10.5. The summed E-state index contributed by atoms with van der Waals surface area (Å²) in [5.41, 5.74) is 2.09. The third-order valence-electron chi connectivity index (χ3n) is 2.77. The molecule has 0 radical (unpaired) electrons. The van der Waals surface area contributed by atoms with Crippen molar-refractivity contribution >= 4 is 34.6 Å². The number of carbonyl (C=O) groups is 1. The van der Waals surface area contributed by atoms with Gasteiger partial charge >= 0.3 is 5.97 Å². The summed E-state index contributed by atoms with van der Waals surface area (Å²) in [5.74, 6) is -0.920. The Hall–Kier alpha value is -1.85. The Balaban J connectivity index is 2.16. The van der Waals surface area contributed by atoms with E-state index in [0.717, 1.165) is 14.8 Å². The lowest BCUT2D eigenvalue weighted by molar-refractivity contribution is -0.136. The van der Waals surface area contributed by atoms with E-state index >= 15 is 0 Å². The first-order chi connectivity index (χ1) is 9.60. The molecule has 0 saturated carbocycles. The van der Waals surface area contributed by atoms with Crippen LogP contribution in [0.1, 0.15) is 18.4 Å². The zero-order valence-corrected chi connectivity index (χ0v) is 12.0. The van der Waals surface area contributed by atoms with Crippen LogP contribution in [0, 0.1) is 0 Å². The van der Waals surface area contributed by atoms with Crippen LogP contribution in [0.3, 0.4) is 0 Å². The highest BCUT2D eigenvalue weighted by atomic mass is 35.5. The van der Waals surface area contributed by atoms with Gasteiger partial charge < -0.3 is 10.3 Å². The van der Waals surface area contributed by atoms with Crippen molar-refractivity contribution < 1.29 is 15.1 Å². The minimum atomic E-state index is -0.920. The molecule has 2 rings (SSSR count). The minimum absolute atomic E-state index is 0.0678. The highest BCUT2D eigenvalue weighted by molar-refractivity contribution is 7.19. The zero-order chi connectivity index (χ0) is 14.5. The van der Waals surface area contributed by atoms with Crippen LogP contribution in [0.25, 0.3) is 10.4 Å². The number of halogens is 1. The van der Waals surface area contributed by atoms with Crippen molar-refractivity contribution in [3.63, 3.8) is 0 Å². The van der Waals surface area contributed by atoms with Crippen molar-refractivity contribution in [3.8, 4) is 10.4 Å². The first kappa shape index (κ1) is 14.6. The van der Waals surface area contributed by atoms with Crippen LogP contribution >= 0.6 is 22.9 Å². The summed E-state index contributed by atoms with van der Waals surface area (Å²) in [4.78, 5) is 11.6. The smallest absolute Gasteiger partial charge is 0.303 e. The molecule has 0 bridgehead atoms. The van der Waals surface area contributed by atoms with E-state index in [-0.39, 0.29) is 12.8 Å². The molecule has 0 saturated heterocycles. The van der Waals surface area contributed by atoms with Gasteiger partial charge in [-0.25, -0.2) is 0 Å². The predicted molar refractivity (Wildman–Crippen MR) is 80.0 cm³/mol. The summed E-state index contributed by atoms with van der Waals surface area (Å²) in [6.45, 7) is 0. The number of hydrogen-bond donors (Lipinski definition) is 2. The van der Waals surface area contributed by atoms with Gasteiger partial charge in [-0.2, -0.15) is 0 Å². The molecule has 2 aromatic rings. The van der Waals surface area contributed by atoms with Gasteiger partial charge in [-0.3, -0.25) is 4.79 Å². The molecular formula is C14H12ClNO3S. The fourth-order valence-corrected chi connectivity index (χ4v) is 2.82. The molecule has 0 atom stereocenters. The molecule has 1 heterocycles. The van der Waals surface area contributed by atoms with Crippen molar-refractivity contribution in [1.29, 1.82) is 0 Å². The second-order valence-corrected chi connectivity index (χ2v) is 5.84. The van der Waals surface area contributed by atoms with E-state index in [2.05, 4.69) is 5.16 Å². The molecule has 0 fully saturated rings. The van der Waals surface area contributed by atoms with Crippen LogP contribution in [0.4, 0.5) is 0 Å². The molecule has 0 unspecified atom stereocenters. The number of carboxylic acid groups (broad SMARTS) is 1. The van der Waals surface area contributed by atoms with Crippen LogP contribution < -0.4 is 0 Å². The van der Waals surface area contributed by atoms with E-state index in [1.807, 2.05) is 24.3 Å². The van der Waals surface area contributed by atoms with Crippen molar-refractivity contribution in [1.82, 2.24) is 0 Å². The second kappa shape index (κ2) is 6.54. The van der Waals surface area contributed by atoms with Gasteiger partial charge in [0.1, 0.15) is 0 Å². The number of oxime groups is 1. The number of aliphatic carboxylic acids is 1. The molecule has 1 aromatic carbocycles. The Morgan fingerprint density at radius 3 is 2.35 bits per heavy atom.